The molecule has 0 fully saturated rings. The van der Waals surface area contributed by atoms with Crippen molar-refractivity contribution in [2.75, 3.05) is 7.11 Å². The maximum Gasteiger partial charge on any atom is 0.118 e. The summed E-state index contributed by atoms with van der Waals surface area (Å²) in [5.41, 5.74) is 0.167. The maximum absolute atomic E-state index is 10.6. The summed E-state index contributed by atoms with van der Waals surface area (Å²) in [7, 11) is 0.228. The van der Waals surface area contributed by atoms with Crippen LogP contribution in [0.3, 0.4) is 0 Å². The van der Waals surface area contributed by atoms with Crippen LogP contribution in [0.25, 0.3) is 0 Å². The first kappa shape index (κ1) is 12.4. The van der Waals surface area contributed by atoms with Crippen molar-refractivity contribution in [1.82, 2.24) is 0 Å². The molecule has 0 aromatic heterocycles. The van der Waals surface area contributed by atoms with E-state index in [-0.39, 0.29) is 0 Å². The molecule has 1 atom stereocenters. The fraction of sp³-hybridized carbons (Fsp3) is 0.429. The van der Waals surface area contributed by atoms with Crippen LogP contribution in [0.5, 0.6) is 5.75 Å². The molecule has 1 aromatic rings. The van der Waals surface area contributed by atoms with Gasteiger partial charge in [0.2, 0.25) is 0 Å². The highest BCUT2D eigenvalue weighted by molar-refractivity contribution is 6.90. The summed E-state index contributed by atoms with van der Waals surface area (Å²) >= 11 is 0. The molecule has 0 saturated heterocycles. The topological polar surface area (TPSA) is 29.5 Å². The van der Waals surface area contributed by atoms with Gasteiger partial charge in [-0.05, 0) is 29.3 Å². The third kappa shape index (κ3) is 1.94. The highest BCUT2D eigenvalue weighted by Crippen LogP contribution is 2.36. The van der Waals surface area contributed by atoms with E-state index in [9.17, 15) is 5.11 Å². The average Bonchev–Trinajstić information content (AvgIpc) is 2.34. The van der Waals surface area contributed by atoms with Crippen molar-refractivity contribution < 1.29 is 9.84 Å². The minimum Gasteiger partial charge on any atom is -0.497 e. The largest absolute Gasteiger partial charge is 0.497 e. The molecule has 1 heterocycles. The Bertz CT molecular complexity index is 454. The first-order chi connectivity index (χ1) is 7.93. The molecule has 3 heteroatoms. The van der Waals surface area contributed by atoms with Crippen LogP contribution in [0.15, 0.2) is 30.9 Å². The van der Waals surface area contributed by atoms with Crippen LogP contribution in [0, 0.1) is 0 Å². The van der Waals surface area contributed by atoms with E-state index < -0.39 is 13.7 Å². The minimum atomic E-state index is -1.45. The van der Waals surface area contributed by atoms with Gasteiger partial charge in [-0.15, -0.1) is 0 Å². The lowest BCUT2D eigenvalue weighted by Gasteiger charge is -2.40. The van der Waals surface area contributed by atoms with Gasteiger partial charge in [0.15, 0.2) is 0 Å². The zero-order chi connectivity index (χ0) is 12.7. The van der Waals surface area contributed by atoms with E-state index in [2.05, 4.69) is 25.7 Å². The molecule has 2 rings (SSSR count). The number of aliphatic hydroxyl groups is 1. The van der Waals surface area contributed by atoms with Gasteiger partial charge < -0.3 is 9.84 Å². The number of methoxy groups -OCH3 is 1. The van der Waals surface area contributed by atoms with Gasteiger partial charge >= 0.3 is 0 Å². The van der Waals surface area contributed by atoms with Gasteiger partial charge in [0.1, 0.15) is 11.4 Å². The Balaban J connectivity index is 2.63. The molecular formula is C14H20O2Si. The third-order valence-electron chi connectivity index (χ3n) is 3.89. The molecule has 1 unspecified atom stereocenters. The van der Waals surface area contributed by atoms with Crippen molar-refractivity contribution in [3.05, 3.63) is 36.4 Å². The molecular weight excluding hydrogens is 228 g/mol. The zero-order valence-corrected chi connectivity index (χ0v) is 11.8. The van der Waals surface area contributed by atoms with Gasteiger partial charge in [-0.3, -0.25) is 0 Å². The minimum absolute atomic E-state index is 0.787. The smallest absolute Gasteiger partial charge is 0.118 e. The van der Waals surface area contributed by atoms with Crippen molar-refractivity contribution in [3.63, 3.8) is 0 Å². The van der Waals surface area contributed by atoms with E-state index in [4.69, 9.17) is 4.74 Å². The second-order valence-corrected chi connectivity index (χ2v) is 10.2. The predicted molar refractivity (Wildman–Crippen MR) is 73.6 cm³/mol. The van der Waals surface area contributed by atoms with Gasteiger partial charge in [0, 0.05) is 0 Å². The van der Waals surface area contributed by atoms with Gasteiger partial charge in [-0.2, -0.15) is 0 Å². The summed E-state index contributed by atoms with van der Waals surface area (Å²) in [6.07, 6.45) is 2.46. The van der Waals surface area contributed by atoms with Crippen LogP contribution in [-0.4, -0.2) is 20.3 Å². The second kappa shape index (κ2) is 4.00. The summed E-state index contributed by atoms with van der Waals surface area (Å²) in [5, 5.41) is 11.9. The zero-order valence-electron chi connectivity index (χ0n) is 10.8. The van der Waals surface area contributed by atoms with E-state index >= 15 is 0 Å². The van der Waals surface area contributed by atoms with Gasteiger partial charge in [-0.1, -0.05) is 37.9 Å². The van der Waals surface area contributed by atoms with E-state index in [0.29, 0.717) is 0 Å². The quantitative estimate of drug-likeness (QED) is 0.643. The highest BCUT2D eigenvalue weighted by atomic mass is 28.3. The maximum atomic E-state index is 10.6. The molecule has 0 aliphatic carbocycles. The standard InChI is InChI=1S/C14H20O2Si/c1-5-14(15)8-9-17(3,4)13-10-11(16-2)6-7-12(13)14/h5-7,10,15H,1,8-9H2,2-4H3. The molecule has 1 aliphatic rings. The van der Waals surface area contributed by atoms with Crippen LogP contribution in [0.4, 0.5) is 0 Å². The Morgan fingerprint density at radius 3 is 2.76 bits per heavy atom. The molecule has 1 aliphatic heterocycles. The fourth-order valence-electron chi connectivity index (χ4n) is 2.57. The van der Waals surface area contributed by atoms with E-state index in [1.54, 1.807) is 13.2 Å². The predicted octanol–water partition coefficient (Wildman–Crippen LogP) is 2.39. The summed E-state index contributed by atoms with van der Waals surface area (Å²) in [4.78, 5) is 0. The van der Waals surface area contributed by atoms with E-state index in [0.717, 1.165) is 23.8 Å². The Hall–Kier alpha value is -1.06. The molecule has 0 amide bonds. The lowest BCUT2D eigenvalue weighted by molar-refractivity contribution is 0.0842. The molecule has 0 saturated carbocycles. The first-order valence-electron chi connectivity index (χ1n) is 5.98. The second-order valence-electron chi connectivity index (χ2n) is 5.42. The van der Waals surface area contributed by atoms with Gasteiger partial charge in [0.05, 0.1) is 15.2 Å². The van der Waals surface area contributed by atoms with Crippen LogP contribution in [-0.2, 0) is 5.60 Å². The number of ether oxygens (including phenoxy) is 1. The molecule has 2 nitrogen and oxygen atoms in total. The Kier molecular flexibility index (Phi) is 2.92. The summed E-state index contributed by atoms with van der Waals surface area (Å²) in [6.45, 7) is 8.46. The molecule has 92 valence electrons. The Morgan fingerprint density at radius 2 is 2.18 bits per heavy atom. The highest BCUT2D eigenvalue weighted by Gasteiger charge is 2.40. The van der Waals surface area contributed by atoms with Crippen LogP contribution >= 0.6 is 0 Å². The lowest BCUT2D eigenvalue weighted by atomic mass is 9.90. The van der Waals surface area contributed by atoms with Gasteiger partial charge in [0.25, 0.3) is 0 Å². The van der Waals surface area contributed by atoms with Crippen molar-refractivity contribution in [2.24, 2.45) is 0 Å². The first-order valence-corrected chi connectivity index (χ1v) is 9.19. The SMILES string of the molecule is C=CC1(O)CC[Si](C)(C)c2cc(OC)ccc21. The number of hydrogen-bond acceptors (Lipinski definition) is 2. The molecule has 17 heavy (non-hydrogen) atoms. The normalized spacial score (nSPS) is 26.1. The van der Waals surface area contributed by atoms with Crippen molar-refractivity contribution in [2.45, 2.75) is 31.2 Å². The number of hydrogen-bond donors (Lipinski definition) is 1. The van der Waals surface area contributed by atoms with Crippen LogP contribution < -0.4 is 9.92 Å². The molecule has 1 aromatic carbocycles. The Morgan fingerprint density at radius 1 is 1.47 bits per heavy atom. The summed E-state index contributed by atoms with van der Waals surface area (Å²) < 4.78 is 5.29. The van der Waals surface area contributed by atoms with Gasteiger partial charge in [-0.25, -0.2) is 0 Å². The molecule has 1 N–H and O–H groups in total. The van der Waals surface area contributed by atoms with Crippen LogP contribution in [0.1, 0.15) is 12.0 Å². The van der Waals surface area contributed by atoms with Crippen molar-refractivity contribution >= 4 is 13.3 Å². The number of fused-ring (bicyclic) bond motifs is 1. The molecule has 0 spiro atoms. The summed E-state index contributed by atoms with van der Waals surface area (Å²) in [5.74, 6) is 0.873. The molecule has 0 bridgehead atoms. The average molecular weight is 248 g/mol. The lowest BCUT2D eigenvalue weighted by Crippen LogP contribution is -2.52. The van der Waals surface area contributed by atoms with E-state index in [1.807, 2.05) is 12.1 Å². The Labute approximate surface area is 104 Å². The fourth-order valence-corrected chi connectivity index (χ4v) is 5.41. The number of benzene rings is 1. The van der Waals surface area contributed by atoms with Crippen molar-refractivity contribution in [1.29, 1.82) is 0 Å². The van der Waals surface area contributed by atoms with Crippen LogP contribution in [0.2, 0.25) is 19.1 Å². The monoisotopic (exact) mass is 248 g/mol. The third-order valence-corrected chi connectivity index (χ3v) is 7.26. The number of rotatable bonds is 2. The van der Waals surface area contributed by atoms with Crippen molar-refractivity contribution in [3.8, 4) is 5.75 Å². The molecule has 0 radical (unpaired) electrons. The van der Waals surface area contributed by atoms with E-state index in [1.165, 1.54) is 5.19 Å². The summed E-state index contributed by atoms with van der Waals surface area (Å²) in [6, 6.07) is 7.08.